The third-order valence-electron chi connectivity index (χ3n) is 0.470. The highest BCUT2D eigenvalue weighted by molar-refractivity contribution is 4.78. The Labute approximate surface area is 39.9 Å². The first kappa shape index (κ1) is 4.07. The first-order valence-corrected chi connectivity index (χ1v) is 1.68. The van der Waals surface area contributed by atoms with Crippen LogP contribution in [0.4, 0.5) is 0 Å². The van der Waals surface area contributed by atoms with E-state index in [1.165, 1.54) is 12.4 Å². The minimum absolute atomic E-state index is 0.451. The molecule has 0 aromatic rings. The Morgan fingerprint density at radius 1 is 1.71 bits per heavy atom. The van der Waals surface area contributed by atoms with E-state index >= 15 is 0 Å². The highest BCUT2D eigenvalue weighted by Gasteiger charge is 1.79. The maximum Gasteiger partial charge on any atom is 0.0682 e. The van der Waals surface area contributed by atoms with Gasteiger partial charge in [0.15, 0.2) is 0 Å². The molecule has 1 aliphatic rings. The van der Waals surface area contributed by atoms with Crippen molar-refractivity contribution in [2.75, 3.05) is 0 Å². The molecule has 0 bridgehead atoms. The van der Waals surface area contributed by atoms with E-state index in [0.717, 1.165) is 0 Å². The molecule has 0 saturated heterocycles. The van der Waals surface area contributed by atoms with Crippen molar-refractivity contribution in [2.24, 2.45) is 10.3 Å². The second kappa shape index (κ2) is 1.57. The van der Waals surface area contributed by atoms with Gasteiger partial charge in [0.2, 0.25) is 0 Å². The van der Waals surface area contributed by atoms with Gasteiger partial charge < -0.3 is 10.4 Å². The van der Waals surface area contributed by atoms with Crippen LogP contribution in [0.25, 0.3) is 0 Å². The molecule has 0 aliphatic carbocycles. The molecule has 0 saturated carbocycles. The Hall–Kier alpha value is -1.10. The molecule has 1 rings (SSSR count). The molecular formula is C2H3N4O-. The fourth-order valence-corrected chi connectivity index (χ4v) is 0.227. The van der Waals surface area contributed by atoms with Crippen LogP contribution in [-0.4, -0.2) is 5.17 Å². The van der Waals surface area contributed by atoms with Crippen molar-refractivity contribution in [1.29, 1.82) is 0 Å². The number of rotatable bonds is 0. The van der Waals surface area contributed by atoms with Gasteiger partial charge in [-0.2, -0.15) is 0 Å². The molecule has 0 spiro atoms. The van der Waals surface area contributed by atoms with E-state index in [0.29, 0.717) is 5.17 Å². The highest BCUT2D eigenvalue weighted by atomic mass is 16.5. The fraction of sp³-hybridized carbons (Fsp3) is 0. The SMILES string of the molecule is [O-]N1C=CN=NN1. The van der Waals surface area contributed by atoms with E-state index in [-0.39, 0.29) is 0 Å². The van der Waals surface area contributed by atoms with Gasteiger partial charge in [0, 0.05) is 6.20 Å². The van der Waals surface area contributed by atoms with Crippen molar-refractivity contribution in [2.45, 2.75) is 0 Å². The molecule has 1 N–H and O–H groups in total. The minimum Gasteiger partial charge on any atom is -0.738 e. The van der Waals surface area contributed by atoms with Gasteiger partial charge in [-0.05, 0) is 0 Å². The molecule has 7 heavy (non-hydrogen) atoms. The Morgan fingerprint density at radius 2 is 2.57 bits per heavy atom. The van der Waals surface area contributed by atoms with Crippen LogP contribution in [0.2, 0.25) is 0 Å². The third kappa shape index (κ3) is 0.866. The molecule has 0 fully saturated rings. The first-order valence-electron chi connectivity index (χ1n) is 1.68. The number of hydrazine groups is 1. The summed E-state index contributed by atoms with van der Waals surface area (Å²) in [6, 6.07) is 0. The van der Waals surface area contributed by atoms with Crippen LogP contribution in [0.5, 0.6) is 0 Å². The summed E-state index contributed by atoms with van der Waals surface area (Å²) >= 11 is 0. The van der Waals surface area contributed by atoms with Gasteiger partial charge in [0.05, 0.1) is 6.20 Å². The Balaban J connectivity index is 2.49. The normalized spacial score (nSPS) is 17.0. The molecule has 0 aromatic heterocycles. The molecule has 5 nitrogen and oxygen atoms in total. The molecule has 0 unspecified atom stereocenters. The lowest BCUT2D eigenvalue weighted by Crippen LogP contribution is -2.23. The number of nitrogens with one attached hydrogen (secondary N) is 1. The second-order valence-corrected chi connectivity index (χ2v) is 0.939. The molecule has 0 atom stereocenters. The smallest absolute Gasteiger partial charge is 0.0682 e. The Morgan fingerprint density at radius 3 is 2.86 bits per heavy atom. The summed E-state index contributed by atoms with van der Waals surface area (Å²) in [5.74, 6) is 0. The third-order valence-corrected chi connectivity index (χ3v) is 0.470. The van der Waals surface area contributed by atoms with Gasteiger partial charge in [0.25, 0.3) is 0 Å². The van der Waals surface area contributed by atoms with Gasteiger partial charge in [-0.3, -0.25) is 0 Å². The van der Waals surface area contributed by atoms with E-state index < -0.39 is 0 Å². The van der Waals surface area contributed by atoms with Crippen LogP contribution in [0.1, 0.15) is 0 Å². The minimum atomic E-state index is 0.451. The molecule has 0 aromatic carbocycles. The van der Waals surface area contributed by atoms with Crippen LogP contribution >= 0.6 is 0 Å². The molecule has 0 radical (unpaired) electrons. The lowest BCUT2D eigenvalue weighted by Gasteiger charge is -2.23. The predicted molar refractivity (Wildman–Crippen MR) is 22.3 cm³/mol. The highest BCUT2D eigenvalue weighted by Crippen LogP contribution is 1.87. The number of nitrogens with zero attached hydrogens (tertiary/aromatic N) is 3. The maximum atomic E-state index is 10.0. The fourth-order valence-electron chi connectivity index (χ4n) is 0.227. The quantitative estimate of drug-likeness (QED) is 0.470. The molecule has 1 heterocycles. The summed E-state index contributed by atoms with van der Waals surface area (Å²) in [4.78, 5) is 0. The summed E-state index contributed by atoms with van der Waals surface area (Å²) in [5.41, 5.74) is 2.03. The van der Waals surface area contributed by atoms with Crippen molar-refractivity contribution in [3.8, 4) is 0 Å². The Kier molecular flexibility index (Phi) is 0.910. The predicted octanol–water partition coefficient (Wildman–Crippen LogP) is 0.143. The summed E-state index contributed by atoms with van der Waals surface area (Å²) < 4.78 is 0. The van der Waals surface area contributed by atoms with Crippen molar-refractivity contribution < 1.29 is 0 Å². The van der Waals surface area contributed by atoms with Crippen LogP contribution in [-0.2, 0) is 0 Å². The van der Waals surface area contributed by atoms with Crippen molar-refractivity contribution >= 4 is 0 Å². The molecular weight excluding hydrogens is 96.0 g/mol. The maximum absolute atomic E-state index is 10.0. The zero-order valence-corrected chi connectivity index (χ0v) is 3.40. The zero-order chi connectivity index (χ0) is 5.11. The van der Waals surface area contributed by atoms with Gasteiger partial charge in [-0.25, -0.2) is 5.53 Å². The standard InChI is InChI=1S/C2H3N4O/c7-6-2-1-3-4-5-6/h1-2H,(H,3,5)/q-1. The van der Waals surface area contributed by atoms with E-state index in [1.54, 1.807) is 0 Å². The second-order valence-electron chi connectivity index (χ2n) is 0.939. The molecule has 1 aliphatic heterocycles. The summed E-state index contributed by atoms with van der Waals surface area (Å²) in [6.45, 7) is 0. The van der Waals surface area contributed by atoms with Crippen molar-refractivity contribution in [3.63, 3.8) is 0 Å². The van der Waals surface area contributed by atoms with Gasteiger partial charge in [-0.1, -0.05) is 5.22 Å². The monoisotopic (exact) mass is 99.0 g/mol. The van der Waals surface area contributed by atoms with Crippen LogP contribution in [0, 0.1) is 5.21 Å². The molecule has 5 heteroatoms. The largest absolute Gasteiger partial charge is 0.738 e. The number of hydrogen-bond acceptors (Lipinski definition) is 5. The summed E-state index contributed by atoms with van der Waals surface area (Å²) in [5, 5.41) is 17.0. The number of hydrogen-bond donors (Lipinski definition) is 1. The first-order chi connectivity index (χ1) is 3.39. The van der Waals surface area contributed by atoms with Crippen LogP contribution in [0.3, 0.4) is 0 Å². The Bertz CT molecular complexity index is 108. The lowest BCUT2D eigenvalue weighted by atomic mass is 10.9. The van der Waals surface area contributed by atoms with Gasteiger partial charge in [0.1, 0.15) is 0 Å². The average molecular weight is 99.1 g/mol. The van der Waals surface area contributed by atoms with Gasteiger partial charge >= 0.3 is 0 Å². The topological polar surface area (TPSA) is 63.0 Å². The van der Waals surface area contributed by atoms with E-state index in [1.807, 2.05) is 5.53 Å². The number of hydroxylamine groups is 1. The zero-order valence-electron chi connectivity index (χ0n) is 3.40. The summed E-state index contributed by atoms with van der Waals surface area (Å²) in [7, 11) is 0. The molecule has 38 valence electrons. The lowest BCUT2D eigenvalue weighted by molar-refractivity contribution is 0.353. The van der Waals surface area contributed by atoms with Crippen molar-refractivity contribution in [3.05, 3.63) is 17.6 Å². The summed E-state index contributed by atoms with van der Waals surface area (Å²) in [6.07, 6.45) is 2.51. The van der Waals surface area contributed by atoms with Gasteiger partial charge in [-0.15, -0.1) is 5.11 Å². The molecule has 0 amide bonds. The van der Waals surface area contributed by atoms with Crippen LogP contribution < -0.4 is 5.53 Å². The van der Waals surface area contributed by atoms with E-state index in [2.05, 4.69) is 10.3 Å². The van der Waals surface area contributed by atoms with E-state index in [9.17, 15) is 5.21 Å². The van der Waals surface area contributed by atoms with Crippen LogP contribution in [0.15, 0.2) is 22.7 Å². The average Bonchev–Trinajstić information content (AvgIpc) is 1.69. The van der Waals surface area contributed by atoms with E-state index in [4.69, 9.17) is 0 Å². The van der Waals surface area contributed by atoms with Crippen molar-refractivity contribution in [1.82, 2.24) is 10.7 Å².